The van der Waals surface area contributed by atoms with E-state index in [1.54, 1.807) is 0 Å². The van der Waals surface area contributed by atoms with Crippen molar-refractivity contribution >= 4 is 34.9 Å². The van der Waals surface area contributed by atoms with E-state index in [4.69, 9.17) is 29.0 Å². The molecule has 0 fully saturated rings. The third-order valence-corrected chi connectivity index (χ3v) is 3.39. The standard InChI is InChI=1S/C14H14Cl2N4O/c15-11-3-1-9(2-4-11)5-6-18-14(21)10-7-12(16)13(20-17)19-8-10/h1-4,7-8H,5-6,17H2,(H,18,21)(H,19,20). The summed E-state index contributed by atoms with van der Waals surface area (Å²) in [5.74, 6) is 5.32. The molecule has 0 atom stereocenters. The first kappa shape index (κ1) is 15.6. The van der Waals surface area contributed by atoms with Crippen LogP contribution < -0.4 is 16.6 Å². The topological polar surface area (TPSA) is 80.0 Å². The second kappa shape index (κ2) is 7.26. The molecule has 1 aromatic carbocycles. The van der Waals surface area contributed by atoms with Crippen molar-refractivity contribution < 1.29 is 4.79 Å². The Bertz CT molecular complexity index is 631. The van der Waals surface area contributed by atoms with Crippen LogP contribution in [0.2, 0.25) is 10.0 Å². The third-order valence-electron chi connectivity index (χ3n) is 2.85. The number of rotatable bonds is 5. The number of carbonyl (C=O) groups is 1. The Morgan fingerprint density at radius 3 is 2.57 bits per heavy atom. The van der Waals surface area contributed by atoms with Crippen LogP contribution in [0.1, 0.15) is 15.9 Å². The van der Waals surface area contributed by atoms with Crippen LogP contribution >= 0.6 is 23.2 Å². The highest BCUT2D eigenvalue weighted by Crippen LogP contribution is 2.18. The number of hydrogen-bond donors (Lipinski definition) is 3. The van der Waals surface area contributed by atoms with Gasteiger partial charge in [0, 0.05) is 17.8 Å². The lowest BCUT2D eigenvalue weighted by Crippen LogP contribution is -2.26. The van der Waals surface area contributed by atoms with Crippen LogP contribution in [0.4, 0.5) is 5.82 Å². The maximum Gasteiger partial charge on any atom is 0.252 e. The minimum atomic E-state index is -0.234. The Balaban J connectivity index is 1.89. The molecule has 21 heavy (non-hydrogen) atoms. The Morgan fingerprint density at radius 1 is 1.24 bits per heavy atom. The molecule has 110 valence electrons. The molecular formula is C14H14Cl2N4O. The highest BCUT2D eigenvalue weighted by molar-refractivity contribution is 6.33. The fourth-order valence-corrected chi connectivity index (χ4v) is 2.09. The number of nitrogens with zero attached hydrogens (tertiary/aromatic N) is 1. The summed E-state index contributed by atoms with van der Waals surface area (Å²) in [5.41, 5.74) is 3.83. The molecule has 7 heteroatoms. The Labute approximate surface area is 132 Å². The molecule has 0 spiro atoms. The first-order valence-electron chi connectivity index (χ1n) is 6.25. The highest BCUT2D eigenvalue weighted by atomic mass is 35.5. The first-order valence-corrected chi connectivity index (χ1v) is 7.00. The number of nitrogens with two attached hydrogens (primary N) is 1. The van der Waals surface area contributed by atoms with Crippen molar-refractivity contribution in [3.05, 3.63) is 57.7 Å². The lowest BCUT2D eigenvalue weighted by atomic mass is 10.1. The molecule has 1 aromatic heterocycles. The van der Waals surface area contributed by atoms with Crippen molar-refractivity contribution in [3.63, 3.8) is 0 Å². The normalized spacial score (nSPS) is 10.2. The van der Waals surface area contributed by atoms with Crippen molar-refractivity contribution in [1.29, 1.82) is 0 Å². The number of halogens is 2. The molecule has 2 aromatic rings. The van der Waals surface area contributed by atoms with Gasteiger partial charge in [-0.2, -0.15) is 0 Å². The zero-order valence-corrected chi connectivity index (χ0v) is 12.6. The number of benzene rings is 1. The van der Waals surface area contributed by atoms with E-state index in [0.29, 0.717) is 34.4 Å². The number of nitrogen functional groups attached to an aromatic ring is 1. The summed E-state index contributed by atoms with van der Waals surface area (Å²) in [6.07, 6.45) is 2.13. The largest absolute Gasteiger partial charge is 0.352 e. The molecular weight excluding hydrogens is 311 g/mol. The van der Waals surface area contributed by atoms with Crippen LogP contribution in [-0.4, -0.2) is 17.4 Å². The highest BCUT2D eigenvalue weighted by Gasteiger charge is 2.09. The van der Waals surface area contributed by atoms with E-state index in [2.05, 4.69) is 15.7 Å². The molecule has 0 aliphatic rings. The molecule has 0 saturated heterocycles. The Kier molecular flexibility index (Phi) is 5.38. The summed E-state index contributed by atoms with van der Waals surface area (Å²) in [6.45, 7) is 0.509. The number of nitrogens with one attached hydrogen (secondary N) is 2. The number of carbonyl (C=O) groups excluding carboxylic acids is 1. The first-order chi connectivity index (χ1) is 10.1. The maximum atomic E-state index is 12.0. The summed E-state index contributed by atoms with van der Waals surface area (Å²) in [4.78, 5) is 15.9. The Hall–Kier alpha value is -1.82. The van der Waals surface area contributed by atoms with Gasteiger partial charge in [-0.3, -0.25) is 4.79 Å². The molecule has 0 unspecified atom stereocenters. The second-order valence-electron chi connectivity index (χ2n) is 4.33. The predicted octanol–water partition coefficient (Wildman–Crippen LogP) is 2.65. The quantitative estimate of drug-likeness (QED) is 0.583. The number of pyridine rings is 1. The predicted molar refractivity (Wildman–Crippen MR) is 84.5 cm³/mol. The lowest BCUT2D eigenvalue weighted by molar-refractivity contribution is 0.0954. The smallest absolute Gasteiger partial charge is 0.252 e. The molecule has 0 aliphatic carbocycles. The molecule has 0 radical (unpaired) electrons. The average Bonchev–Trinajstić information content (AvgIpc) is 2.49. The van der Waals surface area contributed by atoms with Crippen LogP contribution in [-0.2, 0) is 6.42 Å². The number of hydrazine groups is 1. The van der Waals surface area contributed by atoms with Gasteiger partial charge in [-0.15, -0.1) is 0 Å². The zero-order valence-electron chi connectivity index (χ0n) is 11.1. The van der Waals surface area contributed by atoms with Gasteiger partial charge in [-0.05, 0) is 30.2 Å². The number of anilines is 1. The Morgan fingerprint density at radius 2 is 1.95 bits per heavy atom. The zero-order chi connectivity index (χ0) is 15.2. The van der Waals surface area contributed by atoms with E-state index < -0.39 is 0 Å². The van der Waals surface area contributed by atoms with Crippen molar-refractivity contribution in [2.75, 3.05) is 12.0 Å². The van der Waals surface area contributed by atoms with Crippen LogP contribution in [0.15, 0.2) is 36.5 Å². The average molecular weight is 325 g/mol. The fraction of sp³-hybridized carbons (Fsp3) is 0.143. The van der Waals surface area contributed by atoms with Crippen molar-refractivity contribution in [2.24, 2.45) is 5.84 Å². The van der Waals surface area contributed by atoms with Gasteiger partial charge in [-0.25, -0.2) is 10.8 Å². The van der Waals surface area contributed by atoms with E-state index in [0.717, 1.165) is 5.56 Å². The van der Waals surface area contributed by atoms with Crippen molar-refractivity contribution in [3.8, 4) is 0 Å². The maximum absolute atomic E-state index is 12.0. The van der Waals surface area contributed by atoms with Crippen LogP contribution in [0.25, 0.3) is 0 Å². The van der Waals surface area contributed by atoms with E-state index in [9.17, 15) is 4.79 Å². The molecule has 1 amide bonds. The van der Waals surface area contributed by atoms with Gasteiger partial charge in [0.25, 0.3) is 5.91 Å². The third kappa shape index (κ3) is 4.32. The lowest BCUT2D eigenvalue weighted by Gasteiger charge is -2.07. The minimum absolute atomic E-state index is 0.234. The number of hydrogen-bond acceptors (Lipinski definition) is 4. The summed E-state index contributed by atoms with van der Waals surface area (Å²) in [5, 5.41) is 3.79. The minimum Gasteiger partial charge on any atom is -0.352 e. The fourth-order valence-electron chi connectivity index (χ4n) is 1.74. The van der Waals surface area contributed by atoms with Crippen LogP contribution in [0.3, 0.4) is 0 Å². The van der Waals surface area contributed by atoms with Gasteiger partial charge >= 0.3 is 0 Å². The van der Waals surface area contributed by atoms with E-state index >= 15 is 0 Å². The van der Waals surface area contributed by atoms with Gasteiger partial charge in [0.1, 0.15) is 0 Å². The SMILES string of the molecule is NNc1ncc(C(=O)NCCc2ccc(Cl)cc2)cc1Cl. The molecule has 0 saturated carbocycles. The number of aromatic nitrogens is 1. The van der Waals surface area contributed by atoms with Gasteiger partial charge in [0.05, 0.1) is 10.6 Å². The number of amides is 1. The monoisotopic (exact) mass is 324 g/mol. The molecule has 2 rings (SSSR count). The van der Waals surface area contributed by atoms with E-state index in [1.165, 1.54) is 12.3 Å². The second-order valence-corrected chi connectivity index (χ2v) is 5.17. The summed E-state index contributed by atoms with van der Waals surface area (Å²) in [7, 11) is 0. The summed E-state index contributed by atoms with van der Waals surface area (Å²) in [6, 6.07) is 9.01. The van der Waals surface area contributed by atoms with Gasteiger partial charge in [-0.1, -0.05) is 35.3 Å². The molecule has 0 bridgehead atoms. The van der Waals surface area contributed by atoms with E-state index in [-0.39, 0.29) is 5.91 Å². The van der Waals surface area contributed by atoms with Gasteiger partial charge < -0.3 is 10.7 Å². The van der Waals surface area contributed by atoms with Crippen LogP contribution in [0, 0.1) is 0 Å². The summed E-state index contributed by atoms with van der Waals surface area (Å²) < 4.78 is 0. The van der Waals surface area contributed by atoms with Crippen LogP contribution in [0.5, 0.6) is 0 Å². The van der Waals surface area contributed by atoms with Gasteiger partial charge in [0.15, 0.2) is 5.82 Å². The van der Waals surface area contributed by atoms with Crippen molar-refractivity contribution in [2.45, 2.75) is 6.42 Å². The molecule has 4 N–H and O–H groups in total. The van der Waals surface area contributed by atoms with E-state index in [1.807, 2.05) is 24.3 Å². The van der Waals surface area contributed by atoms with Gasteiger partial charge in [0.2, 0.25) is 0 Å². The van der Waals surface area contributed by atoms with Crippen molar-refractivity contribution in [1.82, 2.24) is 10.3 Å². The molecule has 0 aliphatic heterocycles. The molecule has 1 heterocycles. The molecule has 5 nitrogen and oxygen atoms in total. The summed E-state index contributed by atoms with van der Waals surface area (Å²) >= 11 is 11.7.